The van der Waals surface area contributed by atoms with E-state index in [9.17, 15) is 26.4 Å². The van der Waals surface area contributed by atoms with E-state index in [4.69, 9.17) is 9.15 Å². The number of furan rings is 1. The van der Waals surface area contributed by atoms with Crippen LogP contribution in [0.5, 0.6) is 5.75 Å². The van der Waals surface area contributed by atoms with Crippen LogP contribution >= 0.6 is 0 Å². The summed E-state index contributed by atoms with van der Waals surface area (Å²) in [4.78, 5) is 11.7. The molecular formula is C19H14F3NO5S. The van der Waals surface area contributed by atoms with Crippen molar-refractivity contribution in [1.82, 2.24) is 0 Å². The number of halogens is 3. The standard InChI is InChI=1S/C19H14F3NO5S/c20-12-1-5-14(6-2-12)27-11-15-7-10-17(28-15)18(24)23-13-3-8-16(9-4-13)29(25,26)19(21)22/h1-10,19H,11H2,(H,23,24). The first-order valence-corrected chi connectivity index (χ1v) is 9.71. The number of sulfone groups is 1. The first-order chi connectivity index (χ1) is 13.8. The van der Waals surface area contributed by atoms with Gasteiger partial charge in [0.25, 0.3) is 5.91 Å². The van der Waals surface area contributed by atoms with Gasteiger partial charge in [0.15, 0.2) is 5.76 Å². The van der Waals surface area contributed by atoms with Gasteiger partial charge in [-0.3, -0.25) is 4.79 Å². The molecule has 0 saturated carbocycles. The third-order valence-corrected chi connectivity index (χ3v) is 5.15. The number of hydrogen-bond acceptors (Lipinski definition) is 5. The van der Waals surface area contributed by atoms with E-state index >= 15 is 0 Å². The lowest BCUT2D eigenvalue weighted by Crippen LogP contribution is -2.13. The molecule has 1 amide bonds. The minimum Gasteiger partial charge on any atom is -0.486 e. The van der Waals surface area contributed by atoms with Gasteiger partial charge in [-0.1, -0.05) is 0 Å². The number of benzene rings is 2. The Kier molecular flexibility index (Phi) is 5.92. The lowest BCUT2D eigenvalue weighted by atomic mass is 10.3. The van der Waals surface area contributed by atoms with Crippen LogP contribution in [0, 0.1) is 5.82 Å². The predicted molar refractivity (Wildman–Crippen MR) is 97.0 cm³/mol. The summed E-state index contributed by atoms with van der Waals surface area (Å²) in [6.45, 7) is 0.0130. The van der Waals surface area contributed by atoms with E-state index in [1.165, 1.54) is 48.5 Å². The van der Waals surface area contributed by atoms with Gasteiger partial charge in [-0.25, -0.2) is 12.8 Å². The van der Waals surface area contributed by atoms with Gasteiger partial charge in [-0.15, -0.1) is 0 Å². The number of anilines is 1. The van der Waals surface area contributed by atoms with Crippen molar-refractivity contribution in [3.8, 4) is 5.75 Å². The molecule has 6 nitrogen and oxygen atoms in total. The number of carbonyl (C=O) groups is 1. The van der Waals surface area contributed by atoms with E-state index in [1.54, 1.807) is 0 Å². The van der Waals surface area contributed by atoms with Crippen LogP contribution in [0.3, 0.4) is 0 Å². The number of nitrogens with one attached hydrogen (secondary N) is 1. The Hall–Kier alpha value is -3.27. The van der Waals surface area contributed by atoms with Gasteiger partial charge in [-0.2, -0.15) is 8.78 Å². The van der Waals surface area contributed by atoms with Crippen molar-refractivity contribution < 1.29 is 35.5 Å². The smallest absolute Gasteiger partial charge is 0.341 e. The highest BCUT2D eigenvalue weighted by atomic mass is 32.2. The van der Waals surface area contributed by atoms with Gasteiger partial charge in [0.1, 0.15) is 23.9 Å². The second-order valence-corrected chi connectivity index (χ2v) is 7.71. The SMILES string of the molecule is O=C(Nc1ccc(S(=O)(=O)C(F)F)cc1)c1ccc(COc2ccc(F)cc2)o1. The maximum atomic E-state index is 12.9. The van der Waals surface area contributed by atoms with Crippen molar-refractivity contribution in [3.63, 3.8) is 0 Å². The van der Waals surface area contributed by atoms with Gasteiger partial charge in [0.05, 0.1) is 4.90 Å². The molecule has 0 saturated heterocycles. The molecule has 0 radical (unpaired) electrons. The predicted octanol–water partition coefficient (Wildman–Crippen LogP) is 4.25. The molecule has 0 atom stereocenters. The Bertz CT molecular complexity index is 1090. The molecule has 0 unspecified atom stereocenters. The first kappa shape index (κ1) is 20.5. The fourth-order valence-electron chi connectivity index (χ4n) is 2.29. The molecule has 0 spiro atoms. The first-order valence-electron chi connectivity index (χ1n) is 8.16. The van der Waals surface area contributed by atoms with Crippen molar-refractivity contribution in [2.45, 2.75) is 17.3 Å². The third-order valence-electron chi connectivity index (χ3n) is 3.76. The molecular weight excluding hydrogens is 411 g/mol. The van der Waals surface area contributed by atoms with E-state index in [1.807, 2.05) is 0 Å². The molecule has 152 valence electrons. The van der Waals surface area contributed by atoms with E-state index in [2.05, 4.69) is 5.32 Å². The molecule has 3 aromatic rings. The number of ether oxygens (including phenoxy) is 1. The third kappa shape index (κ3) is 4.96. The topological polar surface area (TPSA) is 85.6 Å². The lowest BCUT2D eigenvalue weighted by molar-refractivity contribution is 0.0992. The summed E-state index contributed by atoms with van der Waals surface area (Å²) >= 11 is 0. The fourth-order valence-corrected chi connectivity index (χ4v) is 3.01. The van der Waals surface area contributed by atoms with E-state index in [-0.39, 0.29) is 18.1 Å². The summed E-state index contributed by atoms with van der Waals surface area (Å²) in [5.41, 5.74) is 0.198. The van der Waals surface area contributed by atoms with Crippen molar-refractivity contribution in [2.75, 3.05) is 5.32 Å². The molecule has 1 heterocycles. The summed E-state index contributed by atoms with van der Waals surface area (Å²) in [5, 5.41) is 2.46. The Balaban J connectivity index is 1.60. The zero-order valence-electron chi connectivity index (χ0n) is 14.6. The summed E-state index contributed by atoms with van der Waals surface area (Å²) in [5.74, 6) is -3.81. The van der Waals surface area contributed by atoms with E-state index in [0.29, 0.717) is 11.5 Å². The second kappa shape index (κ2) is 8.39. The van der Waals surface area contributed by atoms with Crippen LogP contribution in [0.15, 0.2) is 70.0 Å². The monoisotopic (exact) mass is 425 g/mol. The number of amides is 1. The van der Waals surface area contributed by atoms with Crippen molar-refractivity contribution >= 4 is 21.4 Å². The summed E-state index contributed by atoms with van der Waals surface area (Å²) in [6, 6.07) is 12.6. The van der Waals surface area contributed by atoms with Crippen LogP contribution in [-0.4, -0.2) is 20.1 Å². The zero-order chi connectivity index (χ0) is 21.0. The molecule has 10 heteroatoms. The fraction of sp³-hybridized carbons (Fsp3) is 0.105. The highest BCUT2D eigenvalue weighted by molar-refractivity contribution is 7.91. The molecule has 1 aromatic heterocycles. The highest BCUT2D eigenvalue weighted by Gasteiger charge is 2.26. The average molecular weight is 425 g/mol. The van der Waals surface area contributed by atoms with Gasteiger partial charge in [0, 0.05) is 5.69 Å². The molecule has 0 aliphatic heterocycles. The van der Waals surface area contributed by atoms with Crippen molar-refractivity contribution in [2.24, 2.45) is 0 Å². The Morgan fingerprint density at radius 2 is 1.66 bits per heavy atom. The molecule has 29 heavy (non-hydrogen) atoms. The quantitative estimate of drug-likeness (QED) is 0.612. The minimum absolute atomic E-state index is 0.0130. The molecule has 0 fully saturated rings. The number of rotatable bonds is 7. The van der Waals surface area contributed by atoms with Crippen molar-refractivity contribution in [1.29, 1.82) is 0 Å². The van der Waals surface area contributed by atoms with Crippen LogP contribution in [0.2, 0.25) is 0 Å². The number of hydrogen-bond donors (Lipinski definition) is 1. The average Bonchev–Trinajstić information content (AvgIpc) is 3.17. The number of alkyl halides is 2. The van der Waals surface area contributed by atoms with Crippen LogP contribution < -0.4 is 10.1 Å². The molecule has 0 aliphatic carbocycles. The highest BCUT2D eigenvalue weighted by Crippen LogP contribution is 2.21. The molecule has 0 aliphatic rings. The number of carbonyl (C=O) groups excluding carboxylic acids is 1. The Labute approximate surface area is 163 Å². The van der Waals surface area contributed by atoms with Crippen LogP contribution in [0.4, 0.5) is 18.9 Å². The largest absolute Gasteiger partial charge is 0.486 e. The second-order valence-electron chi connectivity index (χ2n) is 5.79. The normalized spacial score (nSPS) is 11.4. The summed E-state index contributed by atoms with van der Waals surface area (Å²) < 4.78 is 71.5. The summed E-state index contributed by atoms with van der Waals surface area (Å²) in [6.07, 6.45) is 0. The molecule has 2 aromatic carbocycles. The zero-order valence-corrected chi connectivity index (χ0v) is 15.5. The van der Waals surface area contributed by atoms with E-state index in [0.717, 1.165) is 12.1 Å². The van der Waals surface area contributed by atoms with Crippen LogP contribution in [0.1, 0.15) is 16.3 Å². The van der Waals surface area contributed by atoms with Gasteiger partial charge in [0.2, 0.25) is 9.84 Å². The van der Waals surface area contributed by atoms with Gasteiger partial charge in [-0.05, 0) is 60.7 Å². The Morgan fingerprint density at radius 1 is 1.00 bits per heavy atom. The van der Waals surface area contributed by atoms with Gasteiger partial charge < -0.3 is 14.5 Å². The minimum atomic E-state index is -4.70. The maximum absolute atomic E-state index is 12.9. The van der Waals surface area contributed by atoms with Gasteiger partial charge >= 0.3 is 5.76 Å². The lowest BCUT2D eigenvalue weighted by Gasteiger charge is -2.06. The Morgan fingerprint density at radius 3 is 2.28 bits per heavy atom. The van der Waals surface area contributed by atoms with Crippen LogP contribution in [-0.2, 0) is 16.4 Å². The molecule has 0 bridgehead atoms. The molecule has 1 N–H and O–H groups in total. The maximum Gasteiger partial charge on any atom is 0.341 e. The van der Waals surface area contributed by atoms with Crippen molar-refractivity contribution in [3.05, 3.63) is 78.0 Å². The summed E-state index contributed by atoms with van der Waals surface area (Å²) in [7, 11) is -4.70. The molecule has 3 rings (SSSR count). The van der Waals surface area contributed by atoms with Crippen LogP contribution in [0.25, 0.3) is 0 Å². The van der Waals surface area contributed by atoms with E-state index < -0.39 is 32.2 Å².